The van der Waals surface area contributed by atoms with Gasteiger partial charge in [-0.05, 0) is 45.7 Å². The Kier molecular flexibility index (Phi) is 6.19. The van der Waals surface area contributed by atoms with E-state index < -0.39 is 0 Å². The SMILES string of the molecule is COC(C)(C)CCC(O)CSc1cccc(C)c1. The van der Waals surface area contributed by atoms with Gasteiger partial charge in [-0.1, -0.05) is 17.7 Å². The summed E-state index contributed by atoms with van der Waals surface area (Å²) in [6.07, 6.45) is 1.38. The fourth-order valence-electron chi connectivity index (χ4n) is 1.60. The molecule has 1 rings (SSSR count). The van der Waals surface area contributed by atoms with E-state index in [4.69, 9.17) is 4.74 Å². The van der Waals surface area contributed by atoms with Crippen LogP contribution in [0.15, 0.2) is 29.2 Å². The lowest BCUT2D eigenvalue weighted by molar-refractivity contribution is 0.00494. The molecule has 1 aromatic rings. The van der Waals surface area contributed by atoms with Crippen molar-refractivity contribution >= 4 is 11.8 Å². The van der Waals surface area contributed by atoms with Crippen LogP contribution in [-0.2, 0) is 4.74 Å². The van der Waals surface area contributed by atoms with E-state index >= 15 is 0 Å². The van der Waals surface area contributed by atoms with Gasteiger partial charge in [0.1, 0.15) is 0 Å². The second-order valence-corrected chi connectivity index (χ2v) is 6.38. The molecule has 1 N–H and O–H groups in total. The molecule has 0 aliphatic carbocycles. The molecule has 18 heavy (non-hydrogen) atoms. The summed E-state index contributed by atoms with van der Waals surface area (Å²) in [6.45, 7) is 6.18. The topological polar surface area (TPSA) is 29.5 Å². The summed E-state index contributed by atoms with van der Waals surface area (Å²) in [5, 5.41) is 9.96. The molecule has 0 aliphatic heterocycles. The van der Waals surface area contributed by atoms with Crippen molar-refractivity contribution in [3.63, 3.8) is 0 Å². The Balaban J connectivity index is 2.31. The quantitative estimate of drug-likeness (QED) is 0.765. The number of ether oxygens (including phenoxy) is 1. The number of methoxy groups -OCH3 is 1. The summed E-state index contributed by atoms with van der Waals surface area (Å²) >= 11 is 1.71. The van der Waals surface area contributed by atoms with Gasteiger partial charge in [-0.25, -0.2) is 0 Å². The molecule has 0 aromatic heterocycles. The largest absolute Gasteiger partial charge is 0.392 e. The number of rotatable bonds is 7. The van der Waals surface area contributed by atoms with E-state index in [0.29, 0.717) is 0 Å². The predicted octanol–water partition coefficient (Wildman–Crippen LogP) is 3.65. The van der Waals surface area contributed by atoms with Gasteiger partial charge < -0.3 is 9.84 Å². The van der Waals surface area contributed by atoms with Gasteiger partial charge in [0.25, 0.3) is 0 Å². The summed E-state index contributed by atoms with van der Waals surface area (Å²) in [4.78, 5) is 1.22. The minimum absolute atomic E-state index is 0.144. The zero-order chi connectivity index (χ0) is 13.6. The molecule has 0 saturated carbocycles. The molecule has 1 unspecified atom stereocenters. The zero-order valence-corrected chi connectivity index (χ0v) is 12.6. The van der Waals surface area contributed by atoms with Gasteiger partial charge in [-0.2, -0.15) is 0 Å². The lowest BCUT2D eigenvalue weighted by atomic mass is 10.0. The molecule has 0 spiro atoms. The first kappa shape index (κ1) is 15.5. The fourth-order valence-corrected chi connectivity index (χ4v) is 2.59. The number of benzene rings is 1. The van der Waals surface area contributed by atoms with Crippen molar-refractivity contribution in [1.82, 2.24) is 0 Å². The van der Waals surface area contributed by atoms with Gasteiger partial charge in [0, 0.05) is 17.8 Å². The highest BCUT2D eigenvalue weighted by atomic mass is 32.2. The van der Waals surface area contributed by atoms with Gasteiger partial charge in [0.05, 0.1) is 11.7 Å². The van der Waals surface area contributed by atoms with Gasteiger partial charge in [-0.15, -0.1) is 11.8 Å². The van der Waals surface area contributed by atoms with Crippen molar-refractivity contribution in [3.05, 3.63) is 29.8 Å². The standard InChI is InChI=1S/C15H24O2S/c1-12-6-5-7-14(10-12)18-11-13(16)8-9-15(2,3)17-4/h5-7,10,13,16H,8-9,11H2,1-4H3. The molecule has 0 fully saturated rings. The maximum Gasteiger partial charge on any atom is 0.0635 e. The monoisotopic (exact) mass is 268 g/mol. The minimum atomic E-state index is -0.273. The van der Waals surface area contributed by atoms with Crippen LogP contribution in [0.3, 0.4) is 0 Å². The second-order valence-electron chi connectivity index (χ2n) is 5.28. The van der Waals surface area contributed by atoms with E-state index in [0.717, 1.165) is 18.6 Å². The third-order valence-electron chi connectivity index (χ3n) is 3.06. The van der Waals surface area contributed by atoms with Crippen LogP contribution in [0.1, 0.15) is 32.3 Å². The Bertz CT molecular complexity index is 363. The Hall–Kier alpha value is -0.510. The Morgan fingerprint density at radius 2 is 2.11 bits per heavy atom. The number of thioether (sulfide) groups is 1. The molecular weight excluding hydrogens is 244 g/mol. The van der Waals surface area contributed by atoms with E-state index in [-0.39, 0.29) is 11.7 Å². The molecule has 0 bridgehead atoms. The van der Waals surface area contributed by atoms with E-state index in [1.807, 2.05) is 13.8 Å². The molecule has 102 valence electrons. The number of aliphatic hydroxyl groups excluding tert-OH is 1. The van der Waals surface area contributed by atoms with Crippen molar-refractivity contribution in [2.45, 2.75) is 50.2 Å². The molecule has 2 nitrogen and oxygen atoms in total. The van der Waals surface area contributed by atoms with Crippen LogP contribution in [0.25, 0.3) is 0 Å². The van der Waals surface area contributed by atoms with Crippen LogP contribution >= 0.6 is 11.8 Å². The fraction of sp³-hybridized carbons (Fsp3) is 0.600. The maximum absolute atomic E-state index is 9.96. The van der Waals surface area contributed by atoms with Crippen molar-refractivity contribution in [1.29, 1.82) is 0 Å². The van der Waals surface area contributed by atoms with Crippen LogP contribution in [-0.4, -0.2) is 29.7 Å². The third kappa shape index (κ3) is 5.89. The lowest BCUT2D eigenvalue weighted by Gasteiger charge is -2.24. The Morgan fingerprint density at radius 3 is 2.72 bits per heavy atom. The summed E-state index contributed by atoms with van der Waals surface area (Å²) in [5.41, 5.74) is 1.12. The summed E-state index contributed by atoms with van der Waals surface area (Å²) in [7, 11) is 1.72. The van der Waals surface area contributed by atoms with Gasteiger partial charge >= 0.3 is 0 Å². The smallest absolute Gasteiger partial charge is 0.0635 e. The minimum Gasteiger partial charge on any atom is -0.392 e. The lowest BCUT2D eigenvalue weighted by Crippen LogP contribution is -2.25. The van der Waals surface area contributed by atoms with Crippen molar-refractivity contribution in [3.8, 4) is 0 Å². The summed E-state index contributed by atoms with van der Waals surface area (Å²) < 4.78 is 5.35. The van der Waals surface area contributed by atoms with Crippen molar-refractivity contribution in [2.75, 3.05) is 12.9 Å². The van der Waals surface area contributed by atoms with Crippen LogP contribution in [0.4, 0.5) is 0 Å². The average molecular weight is 268 g/mol. The van der Waals surface area contributed by atoms with Crippen LogP contribution in [0.2, 0.25) is 0 Å². The molecule has 0 amide bonds. The molecule has 1 atom stereocenters. The highest BCUT2D eigenvalue weighted by molar-refractivity contribution is 7.99. The maximum atomic E-state index is 9.96. The molecule has 0 radical (unpaired) electrons. The van der Waals surface area contributed by atoms with Gasteiger partial charge in [-0.3, -0.25) is 0 Å². The summed E-state index contributed by atoms with van der Waals surface area (Å²) in [5.74, 6) is 0.739. The number of hydrogen-bond donors (Lipinski definition) is 1. The predicted molar refractivity (Wildman–Crippen MR) is 78.2 cm³/mol. The van der Waals surface area contributed by atoms with Gasteiger partial charge in [0.2, 0.25) is 0 Å². The van der Waals surface area contributed by atoms with E-state index in [9.17, 15) is 5.11 Å². The number of aryl methyl sites for hydroxylation is 1. The molecule has 0 aliphatic rings. The van der Waals surface area contributed by atoms with Crippen LogP contribution < -0.4 is 0 Å². The average Bonchev–Trinajstić information content (AvgIpc) is 2.34. The highest BCUT2D eigenvalue weighted by Gasteiger charge is 2.18. The molecule has 0 saturated heterocycles. The number of hydrogen-bond acceptors (Lipinski definition) is 3. The first-order valence-corrected chi connectivity index (χ1v) is 7.34. The van der Waals surface area contributed by atoms with E-state index in [2.05, 4.69) is 31.2 Å². The van der Waals surface area contributed by atoms with Crippen molar-refractivity contribution in [2.24, 2.45) is 0 Å². The second kappa shape index (κ2) is 7.17. The molecular formula is C15H24O2S. The van der Waals surface area contributed by atoms with Crippen LogP contribution in [0.5, 0.6) is 0 Å². The summed E-state index contributed by atoms with van der Waals surface area (Å²) in [6, 6.07) is 8.37. The van der Waals surface area contributed by atoms with E-state index in [1.54, 1.807) is 18.9 Å². The first-order valence-electron chi connectivity index (χ1n) is 6.35. The Labute approximate surface area is 115 Å². The normalized spacial score (nSPS) is 13.6. The molecule has 0 heterocycles. The Morgan fingerprint density at radius 1 is 1.39 bits per heavy atom. The highest BCUT2D eigenvalue weighted by Crippen LogP contribution is 2.23. The first-order chi connectivity index (χ1) is 8.43. The van der Waals surface area contributed by atoms with Gasteiger partial charge in [0.15, 0.2) is 0 Å². The molecule has 1 aromatic carbocycles. The third-order valence-corrected chi connectivity index (χ3v) is 4.20. The van der Waals surface area contributed by atoms with Crippen molar-refractivity contribution < 1.29 is 9.84 Å². The van der Waals surface area contributed by atoms with Crippen LogP contribution in [0, 0.1) is 6.92 Å². The van der Waals surface area contributed by atoms with E-state index in [1.165, 1.54) is 10.5 Å². The zero-order valence-electron chi connectivity index (χ0n) is 11.8. The number of aliphatic hydroxyl groups is 1. The molecule has 3 heteroatoms.